The second kappa shape index (κ2) is 6.11. The summed E-state index contributed by atoms with van der Waals surface area (Å²) >= 11 is 0. The zero-order valence-electron chi connectivity index (χ0n) is 11.5. The number of furan rings is 1. The standard InChI is InChI=1S/C14H16N2O4S/c1-10-9-12(21(15,18)19)5-6-13(10)16-14(17)7-4-11-3-2-8-20-11/h2-3,5-6,8-9H,4,7H2,1H3,(H,16,17)(H2,15,18,19). The van der Waals surface area contributed by atoms with Crippen LogP contribution in [0.4, 0.5) is 5.69 Å². The van der Waals surface area contributed by atoms with Crippen LogP contribution in [-0.2, 0) is 21.2 Å². The Bertz CT molecular complexity index is 736. The van der Waals surface area contributed by atoms with Crippen LogP contribution >= 0.6 is 0 Å². The molecule has 112 valence electrons. The Labute approximate surface area is 123 Å². The lowest BCUT2D eigenvalue weighted by molar-refractivity contribution is -0.116. The molecule has 0 spiro atoms. The van der Waals surface area contributed by atoms with Gasteiger partial charge in [-0.15, -0.1) is 0 Å². The Balaban J connectivity index is 2.01. The van der Waals surface area contributed by atoms with E-state index in [2.05, 4.69) is 5.32 Å². The first-order chi connectivity index (χ1) is 9.86. The lowest BCUT2D eigenvalue weighted by Gasteiger charge is -2.09. The number of rotatable bonds is 5. The molecule has 1 aromatic carbocycles. The molecular formula is C14H16N2O4S. The van der Waals surface area contributed by atoms with Gasteiger partial charge in [0.1, 0.15) is 5.76 Å². The molecule has 1 aromatic heterocycles. The predicted molar refractivity (Wildman–Crippen MR) is 78.2 cm³/mol. The summed E-state index contributed by atoms with van der Waals surface area (Å²) in [5.74, 6) is 0.573. The van der Waals surface area contributed by atoms with Gasteiger partial charge in [0.25, 0.3) is 0 Å². The Kier molecular flexibility index (Phi) is 4.44. The lowest BCUT2D eigenvalue weighted by atomic mass is 10.2. The lowest BCUT2D eigenvalue weighted by Crippen LogP contribution is -2.15. The largest absolute Gasteiger partial charge is 0.469 e. The van der Waals surface area contributed by atoms with Crippen LogP contribution in [0, 0.1) is 6.92 Å². The maximum Gasteiger partial charge on any atom is 0.238 e. The van der Waals surface area contributed by atoms with Gasteiger partial charge in [-0.05, 0) is 42.8 Å². The van der Waals surface area contributed by atoms with Crippen LogP contribution in [0.15, 0.2) is 45.9 Å². The van der Waals surface area contributed by atoms with Crippen LogP contribution in [0.5, 0.6) is 0 Å². The molecule has 0 aliphatic carbocycles. The number of carbonyl (C=O) groups is 1. The molecular weight excluding hydrogens is 292 g/mol. The van der Waals surface area contributed by atoms with Crippen LogP contribution in [0.1, 0.15) is 17.7 Å². The Hall–Kier alpha value is -2.12. The summed E-state index contributed by atoms with van der Waals surface area (Å²) < 4.78 is 27.6. The minimum absolute atomic E-state index is 0.0218. The topological polar surface area (TPSA) is 102 Å². The van der Waals surface area contributed by atoms with E-state index >= 15 is 0 Å². The fourth-order valence-corrected chi connectivity index (χ4v) is 2.46. The van der Waals surface area contributed by atoms with Crippen molar-refractivity contribution >= 4 is 21.6 Å². The number of nitrogens with one attached hydrogen (secondary N) is 1. The number of nitrogens with two attached hydrogens (primary N) is 1. The van der Waals surface area contributed by atoms with E-state index in [1.807, 2.05) is 0 Å². The molecule has 6 nitrogen and oxygen atoms in total. The molecule has 2 rings (SSSR count). The molecule has 1 heterocycles. The second-order valence-electron chi connectivity index (χ2n) is 4.65. The molecule has 0 bridgehead atoms. The molecule has 21 heavy (non-hydrogen) atoms. The van der Waals surface area contributed by atoms with Gasteiger partial charge in [-0.1, -0.05) is 0 Å². The Morgan fingerprint density at radius 3 is 2.67 bits per heavy atom. The number of sulfonamides is 1. The second-order valence-corrected chi connectivity index (χ2v) is 6.21. The molecule has 0 fully saturated rings. The fraction of sp³-hybridized carbons (Fsp3) is 0.214. The number of hydrogen-bond donors (Lipinski definition) is 2. The van der Waals surface area contributed by atoms with Gasteiger partial charge in [0.15, 0.2) is 0 Å². The molecule has 1 amide bonds. The van der Waals surface area contributed by atoms with Crippen molar-refractivity contribution in [2.45, 2.75) is 24.7 Å². The van der Waals surface area contributed by atoms with Crippen LogP contribution in [0.25, 0.3) is 0 Å². The van der Waals surface area contributed by atoms with Gasteiger partial charge in [0, 0.05) is 18.5 Å². The van der Waals surface area contributed by atoms with Crippen LogP contribution in [0.3, 0.4) is 0 Å². The van der Waals surface area contributed by atoms with Crippen molar-refractivity contribution in [3.05, 3.63) is 47.9 Å². The SMILES string of the molecule is Cc1cc(S(N)(=O)=O)ccc1NC(=O)CCc1ccco1. The van der Waals surface area contributed by atoms with Crippen molar-refractivity contribution < 1.29 is 17.6 Å². The maximum absolute atomic E-state index is 11.8. The molecule has 2 aromatic rings. The van der Waals surface area contributed by atoms with Gasteiger partial charge < -0.3 is 9.73 Å². The smallest absolute Gasteiger partial charge is 0.238 e. The van der Waals surface area contributed by atoms with E-state index in [0.717, 1.165) is 5.76 Å². The molecule has 0 aliphatic rings. The summed E-state index contributed by atoms with van der Waals surface area (Å²) in [6, 6.07) is 7.89. The summed E-state index contributed by atoms with van der Waals surface area (Å²) in [6.45, 7) is 1.71. The first kappa shape index (κ1) is 15.3. The molecule has 0 saturated carbocycles. The number of benzene rings is 1. The van der Waals surface area contributed by atoms with Gasteiger partial charge in [-0.25, -0.2) is 13.6 Å². The van der Waals surface area contributed by atoms with Crippen LogP contribution < -0.4 is 10.5 Å². The highest BCUT2D eigenvalue weighted by Gasteiger charge is 2.11. The number of amides is 1. The highest BCUT2D eigenvalue weighted by atomic mass is 32.2. The Morgan fingerprint density at radius 1 is 1.33 bits per heavy atom. The van der Waals surface area contributed by atoms with Crippen molar-refractivity contribution in [1.82, 2.24) is 0 Å². The summed E-state index contributed by atoms with van der Waals surface area (Å²) in [6.07, 6.45) is 2.35. The number of primary sulfonamides is 1. The van der Waals surface area contributed by atoms with E-state index in [1.165, 1.54) is 18.2 Å². The van der Waals surface area contributed by atoms with Gasteiger partial charge in [0.05, 0.1) is 11.2 Å². The minimum Gasteiger partial charge on any atom is -0.469 e. The molecule has 0 atom stereocenters. The molecule has 0 radical (unpaired) electrons. The fourth-order valence-electron chi connectivity index (χ4n) is 1.86. The van der Waals surface area contributed by atoms with Crippen molar-refractivity contribution in [2.24, 2.45) is 5.14 Å². The first-order valence-corrected chi connectivity index (χ1v) is 7.86. The third kappa shape index (κ3) is 4.17. The summed E-state index contributed by atoms with van der Waals surface area (Å²) in [5, 5.41) is 7.79. The van der Waals surface area contributed by atoms with E-state index in [9.17, 15) is 13.2 Å². The van der Waals surface area contributed by atoms with Gasteiger partial charge in [-0.2, -0.15) is 0 Å². The van der Waals surface area contributed by atoms with E-state index in [1.54, 1.807) is 25.3 Å². The van der Waals surface area contributed by atoms with E-state index < -0.39 is 10.0 Å². The summed E-state index contributed by atoms with van der Waals surface area (Å²) in [7, 11) is -3.74. The molecule has 3 N–H and O–H groups in total. The summed E-state index contributed by atoms with van der Waals surface area (Å²) in [5.41, 5.74) is 1.19. The third-order valence-corrected chi connectivity index (χ3v) is 3.89. The molecule has 0 saturated heterocycles. The minimum atomic E-state index is -3.74. The number of aryl methyl sites for hydroxylation is 2. The number of carbonyl (C=O) groups excluding carboxylic acids is 1. The average molecular weight is 308 g/mol. The molecule has 0 aliphatic heterocycles. The summed E-state index contributed by atoms with van der Waals surface area (Å²) in [4.78, 5) is 11.9. The number of hydrogen-bond acceptors (Lipinski definition) is 4. The predicted octanol–water partition coefficient (Wildman–Crippen LogP) is 1.81. The zero-order valence-corrected chi connectivity index (χ0v) is 12.3. The van der Waals surface area contributed by atoms with E-state index in [4.69, 9.17) is 9.56 Å². The van der Waals surface area contributed by atoms with Crippen LogP contribution in [0.2, 0.25) is 0 Å². The number of anilines is 1. The highest BCUT2D eigenvalue weighted by molar-refractivity contribution is 7.89. The van der Waals surface area contributed by atoms with E-state index in [0.29, 0.717) is 17.7 Å². The van der Waals surface area contributed by atoms with Crippen LogP contribution in [-0.4, -0.2) is 14.3 Å². The van der Waals surface area contributed by atoms with E-state index in [-0.39, 0.29) is 17.2 Å². The van der Waals surface area contributed by atoms with Crippen molar-refractivity contribution in [2.75, 3.05) is 5.32 Å². The highest BCUT2D eigenvalue weighted by Crippen LogP contribution is 2.19. The van der Waals surface area contributed by atoms with Gasteiger partial charge in [-0.3, -0.25) is 4.79 Å². The van der Waals surface area contributed by atoms with Gasteiger partial charge in [0.2, 0.25) is 15.9 Å². The van der Waals surface area contributed by atoms with Gasteiger partial charge >= 0.3 is 0 Å². The Morgan fingerprint density at radius 2 is 2.10 bits per heavy atom. The monoisotopic (exact) mass is 308 g/mol. The van der Waals surface area contributed by atoms with Crippen molar-refractivity contribution in [3.63, 3.8) is 0 Å². The maximum atomic E-state index is 11.8. The van der Waals surface area contributed by atoms with Crippen molar-refractivity contribution in [3.8, 4) is 0 Å². The van der Waals surface area contributed by atoms with Crippen molar-refractivity contribution in [1.29, 1.82) is 0 Å². The average Bonchev–Trinajstić information content (AvgIpc) is 2.91. The quantitative estimate of drug-likeness (QED) is 0.879. The molecule has 0 unspecified atom stereocenters. The zero-order chi connectivity index (χ0) is 15.5. The normalized spacial score (nSPS) is 11.3. The molecule has 7 heteroatoms. The third-order valence-electron chi connectivity index (χ3n) is 2.98. The first-order valence-electron chi connectivity index (χ1n) is 6.32.